The van der Waals surface area contributed by atoms with E-state index >= 15 is 0 Å². The van der Waals surface area contributed by atoms with Gasteiger partial charge in [-0.1, -0.05) is 31.4 Å². The van der Waals surface area contributed by atoms with Crippen LogP contribution in [0.15, 0.2) is 39.9 Å². The summed E-state index contributed by atoms with van der Waals surface area (Å²) in [6.45, 7) is 0.395. The fraction of sp³-hybridized carbons (Fsp3) is 0.474. The largest absolute Gasteiger partial charge is 0.283 e. The van der Waals surface area contributed by atoms with Gasteiger partial charge in [-0.25, -0.2) is 16.8 Å². The number of nitrogens with one attached hydrogen (secondary N) is 1. The second kappa shape index (κ2) is 7.68. The van der Waals surface area contributed by atoms with Crippen LogP contribution in [0.1, 0.15) is 44.1 Å². The van der Waals surface area contributed by atoms with E-state index in [0.717, 1.165) is 37.7 Å². The van der Waals surface area contributed by atoms with Crippen molar-refractivity contribution in [3.8, 4) is 0 Å². The number of fused-ring (bicyclic) bond motifs is 1. The lowest BCUT2D eigenvalue weighted by atomic mass is 10.0. The van der Waals surface area contributed by atoms with E-state index in [1.54, 1.807) is 29.6 Å². The molecule has 1 saturated carbocycles. The zero-order valence-electron chi connectivity index (χ0n) is 15.5. The van der Waals surface area contributed by atoms with Crippen molar-refractivity contribution in [3.63, 3.8) is 0 Å². The maximum atomic E-state index is 13.1. The van der Waals surface area contributed by atoms with E-state index in [9.17, 15) is 16.8 Å². The first-order valence-corrected chi connectivity index (χ1v) is 13.5. The summed E-state index contributed by atoms with van der Waals surface area (Å²) < 4.78 is 56.0. The molecule has 2 aliphatic rings. The molecule has 1 aromatic heterocycles. The molecule has 0 bridgehead atoms. The minimum Gasteiger partial charge on any atom is -0.283 e. The van der Waals surface area contributed by atoms with Crippen molar-refractivity contribution in [1.29, 1.82) is 0 Å². The van der Waals surface area contributed by atoms with E-state index in [2.05, 4.69) is 4.72 Å². The highest BCUT2D eigenvalue weighted by atomic mass is 32.2. The second-order valence-electron chi connectivity index (χ2n) is 7.36. The molecule has 1 N–H and O–H groups in total. The zero-order valence-corrected chi connectivity index (χ0v) is 18.0. The van der Waals surface area contributed by atoms with Crippen molar-refractivity contribution >= 4 is 42.8 Å². The van der Waals surface area contributed by atoms with Crippen LogP contribution < -0.4 is 9.03 Å². The van der Waals surface area contributed by atoms with Crippen LogP contribution in [0.3, 0.4) is 0 Å². The molecular formula is C19H24N2O4S3. The third kappa shape index (κ3) is 3.79. The average Bonchev–Trinajstić information content (AvgIpc) is 3.23. The van der Waals surface area contributed by atoms with Gasteiger partial charge < -0.3 is 0 Å². The molecule has 1 aliphatic carbocycles. The number of sulfonamides is 2. The summed E-state index contributed by atoms with van der Waals surface area (Å²) in [5.41, 5.74) is 1.92. The average molecular weight is 441 g/mol. The summed E-state index contributed by atoms with van der Waals surface area (Å²) in [7, 11) is -7.11. The van der Waals surface area contributed by atoms with E-state index in [-0.39, 0.29) is 5.25 Å². The summed E-state index contributed by atoms with van der Waals surface area (Å²) in [6, 6.07) is 8.56. The Hall–Kier alpha value is -1.58. The number of anilines is 2. The lowest BCUT2D eigenvalue weighted by Gasteiger charge is -2.30. The number of nitrogens with zero attached hydrogens (tertiary/aromatic N) is 1. The highest BCUT2D eigenvalue weighted by molar-refractivity contribution is 7.94. The van der Waals surface area contributed by atoms with Gasteiger partial charge in [-0.3, -0.25) is 9.03 Å². The number of hydrogen-bond donors (Lipinski definition) is 1. The minimum atomic E-state index is -3.64. The maximum Gasteiger partial charge on any atom is 0.273 e. The van der Waals surface area contributed by atoms with Crippen molar-refractivity contribution < 1.29 is 16.8 Å². The van der Waals surface area contributed by atoms with Crippen LogP contribution in [0.25, 0.3) is 0 Å². The van der Waals surface area contributed by atoms with E-state index in [0.29, 0.717) is 35.0 Å². The van der Waals surface area contributed by atoms with Crippen molar-refractivity contribution in [2.45, 2.75) is 54.4 Å². The van der Waals surface area contributed by atoms with Crippen molar-refractivity contribution in [2.24, 2.45) is 0 Å². The van der Waals surface area contributed by atoms with E-state index in [4.69, 9.17) is 0 Å². The van der Waals surface area contributed by atoms with Gasteiger partial charge in [0.1, 0.15) is 4.21 Å². The molecule has 152 valence electrons. The molecule has 2 heterocycles. The third-order valence-electron chi connectivity index (χ3n) is 5.45. The van der Waals surface area contributed by atoms with Gasteiger partial charge >= 0.3 is 0 Å². The predicted octanol–water partition coefficient (Wildman–Crippen LogP) is 3.96. The molecule has 2 aromatic rings. The Labute approximate surface area is 170 Å². The smallest absolute Gasteiger partial charge is 0.273 e. The van der Waals surface area contributed by atoms with Crippen LogP contribution in [0.4, 0.5) is 11.4 Å². The Morgan fingerprint density at radius 1 is 1.00 bits per heavy atom. The zero-order chi connectivity index (χ0) is 19.8. The van der Waals surface area contributed by atoms with Crippen molar-refractivity contribution in [3.05, 3.63) is 41.3 Å². The quantitative estimate of drug-likeness (QED) is 0.763. The Morgan fingerprint density at radius 2 is 1.79 bits per heavy atom. The highest BCUT2D eigenvalue weighted by Gasteiger charge is 2.31. The van der Waals surface area contributed by atoms with Gasteiger partial charge in [0.15, 0.2) is 0 Å². The second-order valence-corrected chi connectivity index (χ2v) is 12.4. The fourth-order valence-corrected chi connectivity index (χ4v) is 8.21. The fourth-order valence-electron chi connectivity index (χ4n) is 4.00. The van der Waals surface area contributed by atoms with Gasteiger partial charge in [-0.15, -0.1) is 11.3 Å². The van der Waals surface area contributed by atoms with Gasteiger partial charge in [0.25, 0.3) is 10.0 Å². The van der Waals surface area contributed by atoms with Gasteiger partial charge in [-0.05, 0) is 54.8 Å². The minimum absolute atomic E-state index is 0.300. The van der Waals surface area contributed by atoms with Gasteiger partial charge in [0.2, 0.25) is 10.0 Å². The molecule has 6 nitrogen and oxygen atoms in total. The SMILES string of the molecule is O=S(=O)(Nc1ccc2c(c1)N(S(=O)(=O)c1cccs1)CCC2)C1CCCCC1. The monoisotopic (exact) mass is 440 g/mol. The van der Waals surface area contributed by atoms with Gasteiger partial charge in [-0.2, -0.15) is 0 Å². The number of benzene rings is 1. The highest BCUT2D eigenvalue weighted by Crippen LogP contribution is 2.36. The first kappa shape index (κ1) is 19.7. The van der Waals surface area contributed by atoms with Crippen LogP contribution in [-0.4, -0.2) is 28.6 Å². The lowest BCUT2D eigenvalue weighted by molar-refractivity contribution is 0.486. The molecule has 1 fully saturated rings. The Morgan fingerprint density at radius 3 is 2.50 bits per heavy atom. The Kier molecular flexibility index (Phi) is 5.41. The van der Waals surface area contributed by atoms with Crippen LogP contribution in [0, 0.1) is 0 Å². The molecule has 0 radical (unpaired) electrons. The molecular weight excluding hydrogens is 416 g/mol. The maximum absolute atomic E-state index is 13.1. The van der Waals surface area contributed by atoms with E-state index < -0.39 is 20.0 Å². The first-order chi connectivity index (χ1) is 13.4. The molecule has 0 atom stereocenters. The van der Waals surface area contributed by atoms with Crippen LogP contribution in [0.2, 0.25) is 0 Å². The molecule has 1 aromatic carbocycles. The van der Waals surface area contributed by atoms with Gasteiger partial charge in [0.05, 0.1) is 16.6 Å². The lowest BCUT2D eigenvalue weighted by Crippen LogP contribution is -2.35. The molecule has 0 spiro atoms. The van der Waals surface area contributed by atoms with E-state index in [1.807, 2.05) is 6.07 Å². The standard InChI is InChI=1S/C19H24N2O4S3/c22-27(23,17-7-2-1-3-8-17)20-16-11-10-15-6-4-12-21(18(15)14-16)28(24,25)19-9-5-13-26-19/h5,9-11,13-14,17,20H,1-4,6-8,12H2. The topological polar surface area (TPSA) is 83.6 Å². The molecule has 0 amide bonds. The van der Waals surface area contributed by atoms with E-state index in [1.165, 1.54) is 15.6 Å². The van der Waals surface area contributed by atoms with Crippen LogP contribution in [-0.2, 0) is 26.5 Å². The number of thiophene rings is 1. The predicted molar refractivity (Wildman–Crippen MR) is 113 cm³/mol. The van der Waals surface area contributed by atoms with Crippen LogP contribution in [0.5, 0.6) is 0 Å². The van der Waals surface area contributed by atoms with Crippen LogP contribution >= 0.6 is 11.3 Å². The number of hydrogen-bond acceptors (Lipinski definition) is 5. The molecule has 1 aliphatic heterocycles. The van der Waals surface area contributed by atoms with Gasteiger partial charge in [0, 0.05) is 6.54 Å². The normalized spacial score (nSPS) is 18.6. The molecule has 4 rings (SSSR count). The summed E-state index contributed by atoms with van der Waals surface area (Å²) in [5.74, 6) is 0. The molecule has 9 heteroatoms. The third-order valence-corrected chi connectivity index (χ3v) is 10.5. The Bertz CT molecular complexity index is 1040. The van der Waals surface area contributed by atoms with Crippen molar-refractivity contribution in [1.82, 2.24) is 0 Å². The first-order valence-electron chi connectivity index (χ1n) is 9.59. The number of rotatable bonds is 5. The number of aryl methyl sites for hydroxylation is 1. The summed E-state index contributed by atoms with van der Waals surface area (Å²) in [6.07, 6.45) is 5.83. The Balaban J connectivity index is 1.65. The summed E-state index contributed by atoms with van der Waals surface area (Å²) >= 11 is 1.19. The molecule has 0 unspecified atom stereocenters. The van der Waals surface area contributed by atoms with Crippen molar-refractivity contribution in [2.75, 3.05) is 15.6 Å². The molecule has 28 heavy (non-hydrogen) atoms. The molecule has 0 saturated heterocycles. The summed E-state index contributed by atoms with van der Waals surface area (Å²) in [5, 5.41) is 1.37. The summed E-state index contributed by atoms with van der Waals surface area (Å²) in [4.78, 5) is 0.